The summed E-state index contributed by atoms with van der Waals surface area (Å²) in [5.74, 6) is -1.21. The van der Waals surface area contributed by atoms with Crippen molar-refractivity contribution in [2.24, 2.45) is 7.05 Å². The summed E-state index contributed by atoms with van der Waals surface area (Å²) < 4.78 is 2.72. The van der Waals surface area contributed by atoms with Crippen LogP contribution in [0.4, 0.5) is 0 Å². The number of hydrogen-bond acceptors (Lipinski definition) is 5. The molecule has 0 amide bonds. The van der Waals surface area contributed by atoms with E-state index in [4.69, 9.17) is 5.11 Å². The van der Waals surface area contributed by atoms with Crippen molar-refractivity contribution in [3.05, 3.63) is 22.0 Å². The number of thioether (sulfide) groups is 1. The SMILES string of the molecule is CSc1nc2c(s1)c(=O)c(C(=O)O)cn2C. The quantitative estimate of drug-likeness (QED) is 0.823. The highest BCUT2D eigenvalue weighted by molar-refractivity contribution is 8.00. The zero-order chi connectivity index (χ0) is 11.9. The van der Waals surface area contributed by atoms with E-state index in [1.807, 2.05) is 6.26 Å². The minimum absolute atomic E-state index is 0.216. The monoisotopic (exact) mass is 256 g/mol. The van der Waals surface area contributed by atoms with E-state index < -0.39 is 11.4 Å². The molecule has 0 unspecified atom stereocenters. The van der Waals surface area contributed by atoms with Crippen molar-refractivity contribution in [2.45, 2.75) is 4.34 Å². The van der Waals surface area contributed by atoms with Crippen molar-refractivity contribution in [1.82, 2.24) is 9.55 Å². The van der Waals surface area contributed by atoms with Gasteiger partial charge in [-0.25, -0.2) is 9.78 Å². The summed E-state index contributed by atoms with van der Waals surface area (Å²) in [5, 5.41) is 8.88. The van der Waals surface area contributed by atoms with Crippen LogP contribution in [0, 0.1) is 0 Å². The molecule has 2 heterocycles. The number of aromatic carboxylic acids is 1. The Morgan fingerprint density at radius 2 is 2.31 bits per heavy atom. The Morgan fingerprint density at radius 3 is 2.88 bits per heavy atom. The van der Waals surface area contributed by atoms with Gasteiger partial charge in [-0.3, -0.25) is 4.79 Å². The number of carbonyl (C=O) groups is 1. The van der Waals surface area contributed by atoms with Crippen molar-refractivity contribution in [2.75, 3.05) is 6.26 Å². The number of hydrogen-bond donors (Lipinski definition) is 1. The highest BCUT2D eigenvalue weighted by atomic mass is 32.2. The first-order valence-corrected chi connectivity index (χ1v) is 6.36. The van der Waals surface area contributed by atoms with Crippen molar-refractivity contribution >= 4 is 39.4 Å². The number of aryl methyl sites for hydroxylation is 1. The maximum atomic E-state index is 11.8. The van der Waals surface area contributed by atoms with Crippen LogP contribution in [-0.4, -0.2) is 26.9 Å². The van der Waals surface area contributed by atoms with E-state index in [1.165, 1.54) is 29.3 Å². The van der Waals surface area contributed by atoms with E-state index in [9.17, 15) is 9.59 Å². The van der Waals surface area contributed by atoms with Crippen LogP contribution in [0.5, 0.6) is 0 Å². The second kappa shape index (κ2) is 3.91. The molecule has 16 heavy (non-hydrogen) atoms. The van der Waals surface area contributed by atoms with Crippen molar-refractivity contribution in [1.29, 1.82) is 0 Å². The second-order valence-electron chi connectivity index (χ2n) is 3.12. The fourth-order valence-electron chi connectivity index (χ4n) is 1.36. The topological polar surface area (TPSA) is 72.2 Å². The van der Waals surface area contributed by atoms with E-state index in [-0.39, 0.29) is 5.56 Å². The van der Waals surface area contributed by atoms with Crippen molar-refractivity contribution < 1.29 is 9.90 Å². The normalized spacial score (nSPS) is 10.9. The van der Waals surface area contributed by atoms with E-state index in [0.717, 1.165) is 4.34 Å². The number of pyridine rings is 1. The Labute approximate surface area is 98.7 Å². The molecule has 0 spiro atoms. The van der Waals surface area contributed by atoms with Gasteiger partial charge in [0.2, 0.25) is 5.43 Å². The summed E-state index contributed by atoms with van der Waals surface area (Å²) in [5.41, 5.74) is -0.144. The number of nitrogens with zero attached hydrogens (tertiary/aromatic N) is 2. The van der Waals surface area contributed by atoms with Crippen molar-refractivity contribution in [3.8, 4) is 0 Å². The summed E-state index contributed by atoms with van der Waals surface area (Å²) in [6.07, 6.45) is 3.16. The van der Waals surface area contributed by atoms with Crippen LogP contribution in [0.3, 0.4) is 0 Å². The van der Waals surface area contributed by atoms with Crippen LogP contribution in [0.2, 0.25) is 0 Å². The lowest BCUT2D eigenvalue weighted by molar-refractivity contribution is 0.0695. The lowest BCUT2D eigenvalue weighted by Gasteiger charge is -2.00. The first-order chi connectivity index (χ1) is 7.54. The van der Waals surface area contributed by atoms with Crippen LogP contribution in [-0.2, 0) is 7.05 Å². The summed E-state index contributed by atoms with van der Waals surface area (Å²) in [6.45, 7) is 0. The molecule has 2 aromatic heterocycles. The van der Waals surface area contributed by atoms with Gasteiger partial charge >= 0.3 is 5.97 Å². The van der Waals surface area contributed by atoms with Crippen LogP contribution >= 0.6 is 23.1 Å². The predicted octanol–water partition coefficient (Wildman–Crippen LogP) is 1.42. The third-order valence-corrected chi connectivity index (χ3v) is 4.13. The van der Waals surface area contributed by atoms with Gasteiger partial charge in [0, 0.05) is 13.2 Å². The molecule has 0 aliphatic rings. The summed E-state index contributed by atoms with van der Waals surface area (Å²) in [7, 11) is 1.68. The average Bonchev–Trinajstić information content (AvgIpc) is 2.67. The predicted molar refractivity (Wildman–Crippen MR) is 63.6 cm³/mol. The molecule has 0 atom stereocenters. The molecule has 1 N–H and O–H groups in total. The second-order valence-corrected chi connectivity index (χ2v) is 5.18. The standard InChI is InChI=1S/C9H8N2O3S2/c1-11-3-4(8(13)14)5(12)6-7(11)10-9(15-2)16-6/h3H,1-2H3,(H,13,14). The fraction of sp³-hybridized carbons (Fsp3) is 0.222. The molecular formula is C9H8N2O3S2. The zero-order valence-corrected chi connectivity index (χ0v) is 10.2. The van der Waals surface area contributed by atoms with Gasteiger partial charge in [-0.15, -0.1) is 11.3 Å². The largest absolute Gasteiger partial charge is 0.477 e. The van der Waals surface area contributed by atoms with E-state index in [2.05, 4.69) is 4.98 Å². The molecule has 2 rings (SSSR count). The molecule has 5 nitrogen and oxygen atoms in total. The van der Waals surface area contributed by atoms with Crippen LogP contribution in [0.15, 0.2) is 15.3 Å². The van der Waals surface area contributed by atoms with Crippen LogP contribution in [0.25, 0.3) is 10.3 Å². The lowest BCUT2D eigenvalue weighted by atomic mass is 10.3. The Bertz CT molecular complexity index is 629. The maximum absolute atomic E-state index is 11.8. The highest BCUT2D eigenvalue weighted by Crippen LogP contribution is 2.25. The number of rotatable bonds is 2. The Morgan fingerprint density at radius 1 is 1.62 bits per heavy atom. The average molecular weight is 256 g/mol. The summed E-state index contributed by atoms with van der Waals surface area (Å²) in [4.78, 5) is 26.9. The Hall–Kier alpha value is -1.34. The molecule has 0 aromatic carbocycles. The molecule has 0 bridgehead atoms. The molecule has 0 aliphatic heterocycles. The molecule has 0 saturated carbocycles. The van der Waals surface area contributed by atoms with Gasteiger partial charge in [0.15, 0.2) is 9.99 Å². The van der Waals surface area contributed by atoms with Gasteiger partial charge in [0.05, 0.1) is 0 Å². The number of carboxylic acids is 1. The van der Waals surface area contributed by atoms with Gasteiger partial charge in [0.1, 0.15) is 10.3 Å². The van der Waals surface area contributed by atoms with Gasteiger partial charge in [-0.1, -0.05) is 11.8 Å². The lowest BCUT2D eigenvalue weighted by Crippen LogP contribution is -2.16. The van der Waals surface area contributed by atoms with Gasteiger partial charge in [0.25, 0.3) is 0 Å². The molecule has 84 valence electrons. The summed E-state index contributed by atoms with van der Waals surface area (Å²) >= 11 is 2.66. The zero-order valence-electron chi connectivity index (χ0n) is 8.55. The molecule has 0 radical (unpaired) electrons. The Balaban J connectivity index is 2.88. The molecule has 0 fully saturated rings. The highest BCUT2D eigenvalue weighted by Gasteiger charge is 2.16. The summed E-state index contributed by atoms with van der Waals surface area (Å²) in [6, 6.07) is 0. The van der Waals surface area contributed by atoms with Gasteiger partial charge in [-0.2, -0.15) is 0 Å². The first-order valence-electron chi connectivity index (χ1n) is 4.32. The number of aromatic nitrogens is 2. The smallest absolute Gasteiger partial charge is 0.341 e. The van der Waals surface area contributed by atoms with Gasteiger partial charge in [-0.05, 0) is 6.26 Å². The maximum Gasteiger partial charge on any atom is 0.341 e. The number of thiazole rings is 1. The van der Waals surface area contributed by atoms with E-state index in [0.29, 0.717) is 10.3 Å². The number of carboxylic acid groups (broad SMARTS) is 1. The van der Waals surface area contributed by atoms with Crippen LogP contribution in [0.1, 0.15) is 10.4 Å². The Kier molecular flexibility index (Phi) is 2.73. The molecule has 0 aliphatic carbocycles. The fourth-order valence-corrected chi connectivity index (χ4v) is 2.91. The molecule has 2 aromatic rings. The minimum Gasteiger partial charge on any atom is -0.477 e. The molecule has 0 saturated heterocycles. The minimum atomic E-state index is -1.21. The third kappa shape index (κ3) is 1.61. The van der Waals surface area contributed by atoms with E-state index >= 15 is 0 Å². The number of fused-ring (bicyclic) bond motifs is 1. The molecule has 7 heteroatoms. The third-order valence-electron chi connectivity index (χ3n) is 2.10. The van der Waals surface area contributed by atoms with Crippen LogP contribution < -0.4 is 5.43 Å². The van der Waals surface area contributed by atoms with Crippen molar-refractivity contribution in [3.63, 3.8) is 0 Å². The molecular weight excluding hydrogens is 248 g/mol. The van der Waals surface area contributed by atoms with E-state index in [1.54, 1.807) is 11.6 Å². The first kappa shape index (κ1) is 11.2. The van der Waals surface area contributed by atoms with Gasteiger partial charge < -0.3 is 9.67 Å².